The summed E-state index contributed by atoms with van der Waals surface area (Å²) in [5, 5.41) is 10.2. The van der Waals surface area contributed by atoms with Crippen LogP contribution in [0.4, 0.5) is 0 Å². The van der Waals surface area contributed by atoms with Crippen molar-refractivity contribution >= 4 is 43.1 Å². The van der Waals surface area contributed by atoms with E-state index >= 15 is 0 Å². The molecule has 9 aromatic rings. The van der Waals surface area contributed by atoms with Crippen molar-refractivity contribution in [3.63, 3.8) is 0 Å². The lowest BCUT2D eigenvalue weighted by Crippen LogP contribution is -2.32. The smallest absolute Gasteiger partial charge is 0.132 e. The fraction of sp³-hybridized carbons (Fsp3) is 0.0213. The largest absolute Gasteiger partial charge is 0.457 e. The molecular formula is C47H28O. The molecule has 1 heteroatoms. The quantitative estimate of drug-likeness (QED) is 0.168. The SMILES string of the molecule is c1ccc2c(c1)Oc1ccc(-c3ccc4c(ccc5ccccc54)c3)cc1C21c2ccc3ccccc3c2-c2c1ccc1ccccc21. The number of rotatable bonds is 1. The van der Waals surface area contributed by atoms with Crippen LogP contribution in [0.15, 0.2) is 170 Å². The third kappa shape index (κ3) is 3.30. The van der Waals surface area contributed by atoms with Crippen molar-refractivity contribution in [3.05, 3.63) is 192 Å². The van der Waals surface area contributed by atoms with Gasteiger partial charge in [-0.1, -0.05) is 146 Å². The Hall–Kier alpha value is -6.18. The zero-order valence-corrected chi connectivity index (χ0v) is 26.1. The van der Waals surface area contributed by atoms with Crippen molar-refractivity contribution in [2.75, 3.05) is 0 Å². The highest BCUT2D eigenvalue weighted by Crippen LogP contribution is 2.64. The van der Waals surface area contributed by atoms with Crippen LogP contribution in [0.1, 0.15) is 22.3 Å². The van der Waals surface area contributed by atoms with Gasteiger partial charge in [-0.05, 0) is 101 Å². The van der Waals surface area contributed by atoms with Crippen molar-refractivity contribution in [1.82, 2.24) is 0 Å². The van der Waals surface area contributed by atoms with E-state index in [1.165, 1.54) is 87.6 Å². The highest BCUT2D eigenvalue weighted by Gasteiger charge is 2.52. The predicted molar refractivity (Wildman–Crippen MR) is 199 cm³/mol. The van der Waals surface area contributed by atoms with Crippen LogP contribution in [0, 0.1) is 0 Å². The number of ether oxygens (including phenoxy) is 1. The summed E-state index contributed by atoms with van der Waals surface area (Å²) in [7, 11) is 0. The van der Waals surface area contributed by atoms with Crippen molar-refractivity contribution in [3.8, 4) is 33.8 Å². The van der Waals surface area contributed by atoms with Crippen LogP contribution in [-0.2, 0) is 5.41 Å². The van der Waals surface area contributed by atoms with E-state index in [1.54, 1.807) is 0 Å². The highest BCUT2D eigenvalue weighted by molar-refractivity contribution is 6.13. The maximum absolute atomic E-state index is 6.78. The Morgan fingerprint density at radius 1 is 0.312 bits per heavy atom. The third-order valence-corrected chi connectivity index (χ3v) is 10.9. The number of benzene rings is 9. The molecule has 0 unspecified atom stereocenters. The van der Waals surface area contributed by atoms with E-state index in [0.717, 1.165) is 11.5 Å². The maximum atomic E-state index is 6.78. The van der Waals surface area contributed by atoms with Crippen molar-refractivity contribution < 1.29 is 4.74 Å². The van der Waals surface area contributed by atoms with Crippen LogP contribution in [-0.4, -0.2) is 0 Å². The molecule has 0 N–H and O–H groups in total. The van der Waals surface area contributed by atoms with E-state index < -0.39 is 5.41 Å². The Bertz CT molecular complexity index is 2740. The summed E-state index contributed by atoms with van der Waals surface area (Å²) in [6.45, 7) is 0. The lowest BCUT2D eigenvalue weighted by Gasteiger charge is -2.39. The normalized spacial score (nSPS) is 13.8. The van der Waals surface area contributed by atoms with E-state index in [4.69, 9.17) is 4.74 Å². The van der Waals surface area contributed by atoms with Gasteiger partial charge < -0.3 is 4.74 Å². The molecule has 1 aliphatic heterocycles. The van der Waals surface area contributed by atoms with Crippen LogP contribution in [0.25, 0.3) is 65.3 Å². The third-order valence-electron chi connectivity index (χ3n) is 10.9. The van der Waals surface area contributed by atoms with Crippen LogP contribution in [0.2, 0.25) is 0 Å². The van der Waals surface area contributed by atoms with Crippen LogP contribution < -0.4 is 4.74 Å². The Kier molecular flexibility index (Phi) is 5.10. The van der Waals surface area contributed by atoms with E-state index in [2.05, 4.69) is 170 Å². The Morgan fingerprint density at radius 2 is 0.812 bits per heavy atom. The molecule has 0 radical (unpaired) electrons. The summed E-state index contributed by atoms with van der Waals surface area (Å²) in [5.41, 5.74) is 9.47. The molecule has 1 spiro atoms. The van der Waals surface area contributed by atoms with Crippen LogP contribution in [0.3, 0.4) is 0 Å². The second-order valence-electron chi connectivity index (χ2n) is 13.2. The minimum atomic E-state index is -0.550. The average Bonchev–Trinajstić information content (AvgIpc) is 3.46. The van der Waals surface area contributed by atoms with Gasteiger partial charge in [-0.25, -0.2) is 0 Å². The Labute approximate surface area is 278 Å². The first-order valence-corrected chi connectivity index (χ1v) is 16.7. The number of hydrogen-bond donors (Lipinski definition) is 0. The molecule has 2 aliphatic rings. The van der Waals surface area contributed by atoms with Crippen LogP contribution in [0.5, 0.6) is 11.5 Å². The van der Waals surface area contributed by atoms with E-state index in [-0.39, 0.29) is 0 Å². The summed E-state index contributed by atoms with van der Waals surface area (Å²) in [5.74, 6) is 1.82. The summed E-state index contributed by atoms with van der Waals surface area (Å²) in [6.07, 6.45) is 0. The first-order valence-electron chi connectivity index (χ1n) is 16.7. The fourth-order valence-electron chi connectivity index (χ4n) is 8.85. The van der Waals surface area contributed by atoms with E-state index in [1.807, 2.05) is 0 Å². The summed E-state index contributed by atoms with van der Waals surface area (Å²) < 4.78 is 6.78. The molecule has 1 nitrogen and oxygen atoms in total. The molecule has 0 atom stereocenters. The number of para-hydroxylation sites is 1. The molecule has 1 aliphatic carbocycles. The van der Waals surface area contributed by atoms with Gasteiger partial charge in [0.1, 0.15) is 11.5 Å². The van der Waals surface area contributed by atoms with Crippen molar-refractivity contribution in [2.45, 2.75) is 5.41 Å². The maximum Gasteiger partial charge on any atom is 0.132 e. The lowest BCUT2D eigenvalue weighted by molar-refractivity contribution is 0.436. The second kappa shape index (κ2) is 9.44. The molecule has 0 aromatic heterocycles. The first-order chi connectivity index (χ1) is 23.8. The van der Waals surface area contributed by atoms with Gasteiger partial charge in [-0.15, -0.1) is 0 Å². The zero-order valence-electron chi connectivity index (χ0n) is 26.1. The zero-order chi connectivity index (χ0) is 31.4. The summed E-state index contributed by atoms with van der Waals surface area (Å²) >= 11 is 0. The van der Waals surface area contributed by atoms with Crippen LogP contribution >= 0.6 is 0 Å². The molecule has 48 heavy (non-hydrogen) atoms. The highest BCUT2D eigenvalue weighted by atomic mass is 16.5. The lowest BCUT2D eigenvalue weighted by atomic mass is 9.65. The minimum Gasteiger partial charge on any atom is -0.457 e. The fourth-order valence-corrected chi connectivity index (χ4v) is 8.85. The molecule has 0 saturated heterocycles. The minimum absolute atomic E-state index is 0.550. The van der Waals surface area contributed by atoms with Gasteiger partial charge in [-0.3, -0.25) is 0 Å². The molecule has 9 aromatic carbocycles. The Balaban J connectivity index is 1.25. The second-order valence-corrected chi connectivity index (χ2v) is 13.2. The number of fused-ring (bicyclic) bond motifs is 16. The molecule has 0 saturated carbocycles. The predicted octanol–water partition coefficient (Wildman–Crippen LogP) is 12.4. The number of hydrogen-bond acceptors (Lipinski definition) is 1. The van der Waals surface area contributed by atoms with Gasteiger partial charge in [-0.2, -0.15) is 0 Å². The molecular weight excluding hydrogens is 581 g/mol. The monoisotopic (exact) mass is 608 g/mol. The first kappa shape index (κ1) is 25.9. The summed E-state index contributed by atoms with van der Waals surface area (Å²) in [4.78, 5) is 0. The van der Waals surface area contributed by atoms with E-state index in [9.17, 15) is 0 Å². The molecule has 0 amide bonds. The molecule has 0 fully saturated rings. The Morgan fingerprint density at radius 3 is 1.54 bits per heavy atom. The topological polar surface area (TPSA) is 9.23 Å². The van der Waals surface area contributed by atoms with Gasteiger partial charge in [0.25, 0.3) is 0 Å². The van der Waals surface area contributed by atoms with Crippen molar-refractivity contribution in [2.24, 2.45) is 0 Å². The standard InChI is InChI=1S/C47H28O/c1-4-12-35-29(9-1)17-18-34-27-32(19-23-36(34)35)33-22-26-44-42(28-33)47(39-15-7-8-16-43(39)48-44)40-24-20-30-10-2-5-13-37(30)45(40)46-38-14-6-3-11-31(38)21-25-41(46)47/h1-28H. The molecule has 11 rings (SSSR count). The van der Waals surface area contributed by atoms with E-state index in [0.29, 0.717) is 0 Å². The van der Waals surface area contributed by atoms with Crippen molar-refractivity contribution in [1.29, 1.82) is 0 Å². The van der Waals surface area contributed by atoms with Gasteiger partial charge in [0, 0.05) is 11.1 Å². The van der Waals surface area contributed by atoms with Gasteiger partial charge in [0.05, 0.1) is 5.41 Å². The van der Waals surface area contributed by atoms with Gasteiger partial charge in [0.2, 0.25) is 0 Å². The molecule has 1 heterocycles. The molecule has 222 valence electrons. The average molecular weight is 609 g/mol. The van der Waals surface area contributed by atoms with Gasteiger partial charge >= 0.3 is 0 Å². The molecule has 0 bridgehead atoms. The summed E-state index contributed by atoms with van der Waals surface area (Å²) in [6, 6.07) is 62.5. The van der Waals surface area contributed by atoms with Gasteiger partial charge in [0.15, 0.2) is 0 Å².